The van der Waals surface area contributed by atoms with Gasteiger partial charge in [-0.1, -0.05) is 12.1 Å². The average Bonchev–Trinajstić information content (AvgIpc) is 2.78. The number of likely N-dealkylation sites (tertiary alicyclic amines) is 1. The van der Waals surface area contributed by atoms with Gasteiger partial charge in [-0.3, -0.25) is 4.90 Å². The molecule has 0 unspecified atom stereocenters. The van der Waals surface area contributed by atoms with Gasteiger partial charge in [0.05, 0.1) is 22.8 Å². The summed E-state index contributed by atoms with van der Waals surface area (Å²) >= 11 is 0. The Bertz CT molecular complexity index is 733. The third-order valence-corrected chi connectivity index (χ3v) is 5.48. The zero-order valence-electron chi connectivity index (χ0n) is 15.8. The molecule has 2 saturated heterocycles. The Morgan fingerprint density at radius 1 is 1.23 bits per heavy atom. The number of benzene rings is 1. The maximum Gasteiger partial charge on any atom is 0.525 e. The highest BCUT2D eigenvalue weighted by Crippen LogP contribution is 2.40. The molecule has 0 atom stereocenters. The summed E-state index contributed by atoms with van der Waals surface area (Å²) in [6, 6.07) is 9.12. The summed E-state index contributed by atoms with van der Waals surface area (Å²) < 4.78 is 27.2. The zero-order chi connectivity index (χ0) is 19.1. The Hall–Kier alpha value is -1.72. The van der Waals surface area contributed by atoms with Crippen molar-refractivity contribution in [3.8, 4) is 6.07 Å². The van der Waals surface area contributed by atoms with Gasteiger partial charge >= 0.3 is 7.12 Å². The molecule has 2 aliphatic heterocycles. The number of nitrogens with two attached hydrogens (primary N) is 1. The summed E-state index contributed by atoms with van der Waals surface area (Å²) in [6.07, 6.45) is 0. The molecular weight excluding hydrogens is 332 g/mol. The van der Waals surface area contributed by atoms with Gasteiger partial charge in [0, 0.05) is 31.2 Å². The third kappa shape index (κ3) is 3.56. The van der Waals surface area contributed by atoms with Gasteiger partial charge < -0.3 is 15.0 Å². The van der Waals surface area contributed by atoms with Crippen molar-refractivity contribution in [1.82, 2.24) is 4.90 Å². The second-order valence-corrected chi connectivity index (χ2v) is 8.06. The van der Waals surface area contributed by atoms with E-state index in [0.29, 0.717) is 17.7 Å². The van der Waals surface area contributed by atoms with Crippen LogP contribution in [0.1, 0.15) is 38.8 Å². The topological polar surface area (TPSA) is 71.5 Å². The van der Waals surface area contributed by atoms with Crippen LogP contribution < -0.4 is 5.73 Å². The number of halogens is 1. The van der Waals surface area contributed by atoms with Gasteiger partial charge in [0.1, 0.15) is 5.73 Å². The Morgan fingerprint density at radius 3 is 2.23 bits per heavy atom. The van der Waals surface area contributed by atoms with Crippen LogP contribution in [-0.2, 0) is 9.31 Å². The first-order valence-electron chi connectivity index (χ1n) is 8.85. The van der Waals surface area contributed by atoms with Crippen LogP contribution in [0.15, 0.2) is 30.0 Å². The molecule has 2 aliphatic rings. The first-order chi connectivity index (χ1) is 12.1. The van der Waals surface area contributed by atoms with E-state index in [1.165, 1.54) is 0 Å². The quantitative estimate of drug-likeness (QED) is 0.839. The van der Waals surface area contributed by atoms with E-state index in [9.17, 15) is 0 Å². The first-order valence-corrected chi connectivity index (χ1v) is 8.85. The molecule has 26 heavy (non-hydrogen) atoms. The van der Waals surface area contributed by atoms with Crippen LogP contribution in [-0.4, -0.2) is 48.9 Å². The lowest BCUT2D eigenvalue weighted by molar-refractivity contribution is 0.00578. The second kappa shape index (κ2) is 6.78. The number of hydrogen-bond donors (Lipinski definition) is 1. The highest BCUT2D eigenvalue weighted by Gasteiger charge is 2.53. The maximum absolute atomic E-state index is 15.5. The van der Waals surface area contributed by atoms with Crippen molar-refractivity contribution in [3.05, 3.63) is 41.1 Å². The van der Waals surface area contributed by atoms with Crippen molar-refractivity contribution in [3.63, 3.8) is 0 Å². The Morgan fingerprint density at radius 2 is 1.77 bits per heavy atom. The summed E-state index contributed by atoms with van der Waals surface area (Å²) in [5.41, 5.74) is 5.99. The summed E-state index contributed by atoms with van der Waals surface area (Å²) in [5, 5.41) is 8.99. The fraction of sp³-hybridized carbons (Fsp3) is 0.526. The molecule has 0 spiro atoms. The predicted octanol–water partition coefficient (Wildman–Crippen LogP) is 2.51. The van der Waals surface area contributed by atoms with Crippen molar-refractivity contribution in [2.24, 2.45) is 5.73 Å². The number of nitriles is 1. The normalized spacial score (nSPS) is 23.3. The molecule has 0 aromatic heterocycles. The lowest BCUT2D eigenvalue weighted by Crippen LogP contribution is -2.55. The molecule has 0 radical (unpaired) electrons. The molecule has 138 valence electrons. The Balaban J connectivity index is 1.93. The second-order valence-electron chi connectivity index (χ2n) is 8.06. The van der Waals surface area contributed by atoms with Gasteiger partial charge in [-0.25, -0.2) is 4.39 Å². The van der Waals surface area contributed by atoms with Gasteiger partial charge in [0.2, 0.25) is 0 Å². The van der Waals surface area contributed by atoms with Crippen molar-refractivity contribution in [1.29, 1.82) is 5.26 Å². The Labute approximate surface area is 154 Å². The van der Waals surface area contributed by atoms with Gasteiger partial charge in [0.15, 0.2) is 0 Å². The minimum atomic E-state index is -1.04. The molecule has 7 heteroatoms. The van der Waals surface area contributed by atoms with E-state index in [1.807, 2.05) is 27.7 Å². The molecule has 2 fully saturated rings. The lowest BCUT2D eigenvalue weighted by atomic mass is 9.82. The van der Waals surface area contributed by atoms with E-state index in [-0.39, 0.29) is 6.04 Å². The summed E-state index contributed by atoms with van der Waals surface area (Å²) in [5.74, 6) is 0. The highest BCUT2D eigenvalue weighted by atomic mass is 19.1. The smallest absolute Gasteiger partial charge is 0.398 e. The molecule has 1 aromatic rings. The van der Waals surface area contributed by atoms with Crippen LogP contribution in [0.4, 0.5) is 4.39 Å². The predicted molar refractivity (Wildman–Crippen MR) is 99.7 cm³/mol. The summed E-state index contributed by atoms with van der Waals surface area (Å²) in [6.45, 7) is 9.49. The third-order valence-electron chi connectivity index (χ3n) is 5.48. The van der Waals surface area contributed by atoms with E-state index in [4.69, 9.17) is 20.3 Å². The van der Waals surface area contributed by atoms with Crippen LogP contribution >= 0.6 is 0 Å². The summed E-state index contributed by atoms with van der Waals surface area (Å²) in [4.78, 5) is 2.09. The number of rotatable bonds is 4. The van der Waals surface area contributed by atoms with Crippen LogP contribution in [0.2, 0.25) is 0 Å². The van der Waals surface area contributed by atoms with E-state index >= 15 is 4.39 Å². The van der Waals surface area contributed by atoms with Gasteiger partial charge in [-0.15, -0.1) is 0 Å². The molecule has 5 nitrogen and oxygen atoms in total. The first kappa shape index (κ1) is 19.1. The summed E-state index contributed by atoms with van der Waals surface area (Å²) in [7, 11) is -1.04. The molecule has 1 aromatic carbocycles. The molecule has 0 aliphatic carbocycles. The molecule has 0 amide bonds. The van der Waals surface area contributed by atoms with Crippen molar-refractivity contribution in [2.45, 2.75) is 44.9 Å². The molecule has 2 heterocycles. The van der Waals surface area contributed by atoms with E-state index in [2.05, 4.69) is 11.0 Å². The molecule has 0 saturated carbocycles. The standard InChI is InChI=1S/C19H25BFN3O2/c1-18(2)19(3,4)26-20(25-18)17(21)16(12-24-10-15(23)11-24)14-7-5-13(9-22)6-8-14/h5-8,15H,10-12,23H2,1-4H3. The highest BCUT2D eigenvalue weighted by molar-refractivity contribution is 6.55. The fourth-order valence-corrected chi connectivity index (χ4v) is 3.10. The molecule has 0 bridgehead atoms. The molecule has 2 N–H and O–H groups in total. The van der Waals surface area contributed by atoms with Crippen molar-refractivity contribution in [2.75, 3.05) is 19.6 Å². The fourth-order valence-electron chi connectivity index (χ4n) is 3.10. The zero-order valence-corrected chi connectivity index (χ0v) is 15.8. The lowest BCUT2D eigenvalue weighted by Gasteiger charge is -2.37. The number of nitrogens with zero attached hydrogens (tertiary/aromatic N) is 2. The monoisotopic (exact) mass is 357 g/mol. The Kier molecular flexibility index (Phi) is 4.97. The number of hydrogen-bond acceptors (Lipinski definition) is 5. The minimum Gasteiger partial charge on any atom is -0.398 e. The van der Waals surface area contributed by atoms with Gasteiger partial charge in [-0.2, -0.15) is 5.26 Å². The van der Waals surface area contributed by atoms with Crippen LogP contribution in [0.3, 0.4) is 0 Å². The SMILES string of the molecule is CC1(C)OB(C(F)=C(CN2CC(N)C2)c2ccc(C#N)cc2)OC1(C)C. The largest absolute Gasteiger partial charge is 0.525 e. The van der Waals surface area contributed by atoms with E-state index < -0.39 is 24.0 Å². The maximum atomic E-state index is 15.5. The van der Waals surface area contributed by atoms with Gasteiger partial charge in [-0.05, 0) is 45.4 Å². The minimum absolute atomic E-state index is 0.136. The van der Waals surface area contributed by atoms with E-state index in [1.54, 1.807) is 24.3 Å². The average molecular weight is 357 g/mol. The van der Waals surface area contributed by atoms with Crippen LogP contribution in [0, 0.1) is 11.3 Å². The van der Waals surface area contributed by atoms with E-state index in [0.717, 1.165) is 18.7 Å². The van der Waals surface area contributed by atoms with Crippen molar-refractivity contribution >= 4 is 12.7 Å². The van der Waals surface area contributed by atoms with Gasteiger partial charge in [0.25, 0.3) is 0 Å². The van der Waals surface area contributed by atoms with Crippen LogP contribution in [0.25, 0.3) is 5.57 Å². The molecular formula is C19H25BFN3O2. The molecule has 3 rings (SSSR count). The van der Waals surface area contributed by atoms with Crippen LogP contribution in [0.5, 0.6) is 0 Å². The van der Waals surface area contributed by atoms with Crippen molar-refractivity contribution < 1.29 is 13.7 Å².